The van der Waals surface area contributed by atoms with E-state index in [2.05, 4.69) is 31.5 Å². The maximum absolute atomic E-state index is 14.0. The van der Waals surface area contributed by atoms with Crippen LogP contribution in [0.15, 0.2) is 58.5 Å². The molecule has 10 heteroatoms. The lowest BCUT2D eigenvalue weighted by Gasteiger charge is -2.35. The highest BCUT2D eigenvalue weighted by Gasteiger charge is 2.48. The van der Waals surface area contributed by atoms with Gasteiger partial charge in [-0.05, 0) is 60.4 Å². The van der Waals surface area contributed by atoms with Crippen molar-refractivity contribution in [1.29, 1.82) is 0 Å². The summed E-state index contributed by atoms with van der Waals surface area (Å²) in [5.74, 6) is -0.911. The summed E-state index contributed by atoms with van der Waals surface area (Å²) >= 11 is 5.04. The van der Waals surface area contributed by atoms with Crippen LogP contribution in [0.4, 0.5) is 0 Å². The normalized spacial score (nSPS) is 23.0. The van der Waals surface area contributed by atoms with Crippen LogP contribution < -0.4 is 10.6 Å². The van der Waals surface area contributed by atoms with Gasteiger partial charge in [-0.25, -0.2) is 4.98 Å². The molecule has 8 nitrogen and oxygen atoms in total. The molecule has 3 amide bonds. The van der Waals surface area contributed by atoms with Gasteiger partial charge < -0.3 is 20.6 Å². The molecule has 43 heavy (non-hydrogen) atoms. The van der Waals surface area contributed by atoms with Gasteiger partial charge in [0, 0.05) is 23.4 Å². The molecule has 1 aliphatic heterocycles. The van der Waals surface area contributed by atoms with Crippen molar-refractivity contribution in [2.75, 3.05) is 6.54 Å². The highest BCUT2D eigenvalue weighted by Crippen LogP contribution is 2.48. The molecule has 1 aliphatic carbocycles. The fourth-order valence-corrected chi connectivity index (χ4v) is 6.90. The highest BCUT2D eigenvalue weighted by molar-refractivity contribution is 9.10. The van der Waals surface area contributed by atoms with Gasteiger partial charge in [-0.1, -0.05) is 73.1 Å². The fourth-order valence-electron chi connectivity index (χ4n) is 5.83. The van der Waals surface area contributed by atoms with Crippen LogP contribution in [-0.2, 0) is 14.4 Å². The predicted molar refractivity (Wildman–Crippen MR) is 171 cm³/mol. The zero-order valence-corrected chi connectivity index (χ0v) is 27.5. The number of carbonyl (C=O) groups excluding carboxylic acids is 3. The largest absolute Gasteiger partial charge is 0.391 e. The lowest BCUT2D eigenvalue weighted by molar-refractivity contribution is -0.144. The summed E-state index contributed by atoms with van der Waals surface area (Å²) in [5, 5.41) is 16.6. The van der Waals surface area contributed by atoms with Gasteiger partial charge in [-0.15, -0.1) is 11.3 Å². The van der Waals surface area contributed by atoms with Crippen molar-refractivity contribution in [1.82, 2.24) is 20.5 Å². The summed E-state index contributed by atoms with van der Waals surface area (Å²) in [7, 11) is 0. The van der Waals surface area contributed by atoms with E-state index in [1.54, 1.807) is 11.3 Å². The van der Waals surface area contributed by atoms with Gasteiger partial charge in [0.25, 0.3) is 0 Å². The van der Waals surface area contributed by atoms with E-state index < -0.39 is 23.6 Å². The molecule has 0 radical (unpaired) electrons. The Kier molecular flexibility index (Phi) is 9.11. The van der Waals surface area contributed by atoms with E-state index >= 15 is 0 Å². The summed E-state index contributed by atoms with van der Waals surface area (Å²) in [6, 6.07) is 14.0. The van der Waals surface area contributed by atoms with Gasteiger partial charge >= 0.3 is 0 Å². The number of halogens is 1. The van der Waals surface area contributed by atoms with Crippen LogP contribution in [0.25, 0.3) is 10.4 Å². The van der Waals surface area contributed by atoms with Crippen LogP contribution in [0.3, 0.4) is 0 Å². The number of likely N-dealkylation sites (tertiary alicyclic amines) is 1. The van der Waals surface area contributed by atoms with Crippen molar-refractivity contribution in [2.45, 2.75) is 77.6 Å². The Morgan fingerprint density at radius 1 is 1.02 bits per heavy atom. The Bertz CT molecular complexity index is 1480. The van der Waals surface area contributed by atoms with Crippen LogP contribution in [0.2, 0.25) is 0 Å². The van der Waals surface area contributed by atoms with Gasteiger partial charge in [0.2, 0.25) is 17.7 Å². The molecule has 1 aromatic heterocycles. The van der Waals surface area contributed by atoms with E-state index in [0.29, 0.717) is 0 Å². The van der Waals surface area contributed by atoms with Gasteiger partial charge in [0.05, 0.1) is 28.2 Å². The summed E-state index contributed by atoms with van der Waals surface area (Å²) in [6.45, 7) is 9.62. The van der Waals surface area contributed by atoms with Crippen molar-refractivity contribution >= 4 is 45.0 Å². The van der Waals surface area contributed by atoms with Gasteiger partial charge in [0.1, 0.15) is 12.1 Å². The van der Waals surface area contributed by atoms with Crippen LogP contribution in [0, 0.1) is 18.3 Å². The second-order valence-corrected chi connectivity index (χ2v) is 14.6. The SMILES string of the molecule is Cc1ncsc1-c1ccc(C(C)NC(=O)[C@@H]2C[C@@H](O)CN2C(=O)C(NC(=O)[C@@H]2C[C@@H]2c2ccc(Br)cc2)C(C)(C)C)cc1. The molecular weight excluding hydrogens is 628 g/mol. The Morgan fingerprint density at radius 2 is 1.70 bits per heavy atom. The number of hydrogen-bond acceptors (Lipinski definition) is 6. The molecule has 2 aliphatic rings. The molecule has 3 N–H and O–H groups in total. The zero-order valence-electron chi connectivity index (χ0n) is 25.1. The molecule has 6 atom stereocenters. The number of aromatic nitrogens is 1. The summed E-state index contributed by atoms with van der Waals surface area (Å²) in [4.78, 5) is 47.7. The molecular formula is C33H39BrN4O4S. The second kappa shape index (κ2) is 12.5. The van der Waals surface area contributed by atoms with Gasteiger partial charge in [-0.2, -0.15) is 0 Å². The maximum atomic E-state index is 14.0. The number of nitrogens with one attached hydrogen (secondary N) is 2. The molecule has 1 saturated heterocycles. The van der Waals surface area contributed by atoms with Crippen LogP contribution in [0.1, 0.15) is 69.3 Å². The number of aryl methyl sites for hydroxylation is 1. The quantitative estimate of drug-likeness (QED) is 0.300. The van der Waals surface area contributed by atoms with E-state index in [0.717, 1.165) is 38.2 Å². The maximum Gasteiger partial charge on any atom is 0.246 e. The molecule has 228 valence electrons. The number of hydrogen-bond donors (Lipinski definition) is 3. The minimum absolute atomic E-state index is 0.0432. The molecule has 0 bridgehead atoms. The Morgan fingerprint density at radius 3 is 2.30 bits per heavy atom. The number of aliphatic hydroxyl groups is 1. The van der Waals surface area contributed by atoms with Crippen molar-refractivity contribution in [3.63, 3.8) is 0 Å². The molecule has 0 spiro atoms. The molecule has 2 fully saturated rings. The smallest absolute Gasteiger partial charge is 0.246 e. The monoisotopic (exact) mass is 666 g/mol. The Labute approximate surface area is 265 Å². The average molecular weight is 668 g/mol. The van der Waals surface area contributed by atoms with E-state index in [4.69, 9.17) is 0 Å². The molecule has 2 unspecified atom stereocenters. The molecule has 2 aromatic carbocycles. The zero-order chi connectivity index (χ0) is 31.1. The number of benzene rings is 2. The number of carbonyl (C=O) groups is 3. The van der Waals surface area contributed by atoms with Gasteiger partial charge in [-0.3, -0.25) is 14.4 Å². The lowest BCUT2D eigenvalue weighted by atomic mass is 9.85. The summed E-state index contributed by atoms with van der Waals surface area (Å²) in [5.41, 5.74) is 5.31. The number of rotatable bonds is 8. The minimum Gasteiger partial charge on any atom is -0.391 e. The first-order chi connectivity index (χ1) is 20.3. The van der Waals surface area contributed by atoms with Gasteiger partial charge in [0.15, 0.2) is 0 Å². The van der Waals surface area contributed by atoms with Crippen molar-refractivity contribution < 1.29 is 19.5 Å². The predicted octanol–water partition coefficient (Wildman–Crippen LogP) is 5.35. The number of amides is 3. The standard InChI is InChI=1S/C33H39BrN4O4S/c1-18(20-6-8-22(9-7-20)28-19(2)35-17-43-28)36-31(41)27-14-24(39)16-38(27)32(42)29(33(3,4)5)37-30(40)26-15-25(26)21-10-12-23(34)13-11-21/h6-13,17-18,24-27,29,39H,14-16H2,1-5H3,(H,36,41)(H,37,40)/t18?,24-,25-,26-,27+,29?/m1/s1. The minimum atomic E-state index is -0.841. The topological polar surface area (TPSA) is 112 Å². The highest BCUT2D eigenvalue weighted by atomic mass is 79.9. The van der Waals surface area contributed by atoms with Crippen molar-refractivity contribution in [2.24, 2.45) is 11.3 Å². The lowest BCUT2D eigenvalue weighted by Crippen LogP contribution is -2.58. The third kappa shape index (κ3) is 7.02. The molecule has 3 aromatic rings. The first-order valence-corrected chi connectivity index (χ1v) is 16.4. The fraction of sp³-hybridized carbons (Fsp3) is 0.455. The number of nitrogens with zero attached hydrogens (tertiary/aromatic N) is 2. The molecule has 5 rings (SSSR count). The van der Waals surface area contributed by atoms with Crippen molar-refractivity contribution in [3.8, 4) is 10.4 Å². The van der Waals surface area contributed by atoms with E-state index in [1.807, 2.05) is 88.7 Å². The molecule has 2 heterocycles. The first-order valence-electron chi connectivity index (χ1n) is 14.7. The van der Waals surface area contributed by atoms with Crippen LogP contribution in [0.5, 0.6) is 0 Å². The second-order valence-electron chi connectivity index (χ2n) is 12.8. The first kappa shape index (κ1) is 31.3. The van der Waals surface area contributed by atoms with Crippen LogP contribution in [-0.4, -0.2) is 57.4 Å². The third-order valence-corrected chi connectivity index (χ3v) is 9.97. The third-order valence-electron chi connectivity index (χ3n) is 8.47. The number of aliphatic hydroxyl groups excluding tert-OH is 1. The number of β-amino-alcohol motifs (C(OH)–C–C–N with tert-alkyl or cyclic N) is 1. The van der Waals surface area contributed by atoms with E-state index in [-0.39, 0.29) is 48.6 Å². The summed E-state index contributed by atoms with van der Waals surface area (Å²) < 4.78 is 0.983. The van der Waals surface area contributed by atoms with E-state index in [1.165, 1.54) is 4.90 Å². The summed E-state index contributed by atoms with van der Waals surface area (Å²) in [6.07, 6.45) is 0.0558. The van der Waals surface area contributed by atoms with Crippen LogP contribution >= 0.6 is 27.3 Å². The average Bonchev–Trinajstić information content (AvgIpc) is 3.49. The van der Waals surface area contributed by atoms with E-state index in [9.17, 15) is 19.5 Å². The Hall–Kier alpha value is -3.08. The molecule has 1 saturated carbocycles. The van der Waals surface area contributed by atoms with Crippen molar-refractivity contribution in [3.05, 3.63) is 75.3 Å². The Balaban J connectivity index is 1.25. The number of thiazole rings is 1.